The van der Waals surface area contributed by atoms with Crippen LogP contribution in [0.15, 0.2) is 24.3 Å². The Balaban J connectivity index is 2.72. The third kappa shape index (κ3) is 3.51. The minimum absolute atomic E-state index is 0.102. The second-order valence-corrected chi connectivity index (χ2v) is 4.05. The first-order valence-corrected chi connectivity index (χ1v) is 5.45. The molecule has 3 nitrogen and oxygen atoms in total. The molecular formula is C11H14ClNO2. The zero-order valence-corrected chi connectivity index (χ0v) is 9.41. The first kappa shape index (κ1) is 12.0. The van der Waals surface area contributed by atoms with Crippen molar-refractivity contribution < 1.29 is 4.92 Å². The number of rotatable bonds is 5. The highest BCUT2D eigenvalue weighted by atomic mass is 35.5. The van der Waals surface area contributed by atoms with E-state index < -0.39 is 0 Å². The summed E-state index contributed by atoms with van der Waals surface area (Å²) in [6.45, 7) is 2.01. The molecule has 1 unspecified atom stereocenters. The van der Waals surface area contributed by atoms with E-state index in [1.807, 2.05) is 13.0 Å². The molecule has 0 heterocycles. The van der Waals surface area contributed by atoms with E-state index in [2.05, 4.69) is 0 Å². The summed E-state index contributed by atoms with van der Waals surface area (Å²) in [5.41, 5.74) is 0.957. The van der Waals surface area contributed by atoms with E-state index in [9.17, 15) is 10.1 Å². The Morgan fingerprint density at radius 3 is 2.73 bits per heavy atom. The topological polar surface area (TPSA) is 43.1 Å². The number of nitrogens with zero attached hydrogens (tertiary/aromatic N) is 1. The first-order valence-electron chi connectivity index (χ1n) is 5.01. The molecular weight excluding hydrogens is 214 g/mol. The van der Waals surface area contributed by atoms with Crippen LogP contribution in [0.3, 0.4) is 0 Å². The van der Waals surface area contributed by atoms with Gasteiger partial charge in [0.25, 0.3) is 5.69 Å². The summed E-state index contributed by atoms with van der Waals surface area (Å²) < 4.78 is 0. The van der Waals surface area contributed by atoms with E-state index in [1.165, 1.54) is 6.07 Å². The number of nitro benzene ring substituents is 1. The molecule has 0 aromatic heterocycles. The van der Waals surface area contributed by atoms with Crippen molar-refractivity contribution in [3.8, 4) is 0 Å². The van der Waals surface area contributed by atoms with Crippen LogP contribution in [0.25, 0.3) is 0 Å². The lowest BCUT2D eigenvalue weighted by molar-refractivity contribution is -0.385. The molecule has 0 aliphatic carbocycles. The molecule has 82 valence electrons. The summed E-state index contributed by atoms with van der Waals surface area (Å²) in [5, 5.41) is 10.8. The fourth-order valence-corrected chi connectivity index (χ4v) is 1.53. The Hall–Kier alpha value is -1.09. The zero-order chi connectivity index (χ0) is 11.3. The van der Waals surface area contributed by atoms with Gasteiger partial charge in [0.1, 0.15) is 0 Å². The molecule has 0 saturated heterocycles. The number of benzene rings is 1. The van der Waals surface area contributed by atoms with Gasteiger partial charge in [0, 0.05) is 17.0 Å². The van der Waals surface area contributed by atoms with Gasteiger partial charge in [0.2, 0.25) is 0 Å². The number of alkyl halides is 1. The van der Waals surface area contributed by atoms with Gasteiger partial charge in [-0.15, -0.1) is 11.6 Å². The number of hydrogen-bond acceptors (Lipinski definition) is 2. The lowest BCUT2D eigenvalue weighted by Gasteiger charge is -2.06. The summed E-state index contributed by atoms with van der Waals surface area (Å²) in [6.07, 6.45) is 2.34. The van der Waals surface area contributed by atoms with Gasteiger partial charge in [-0.2, -0.15) is 0 Å². The van der Waals surface area contributed by atoms with Crippen LogP contribution >= 0.6 is 11.6 Å². The largest absolute Gasteiger partial charge is 0.272 e. The molecule has 1 aromatic rings. The van der Waals surface area contributed by atoms with Crippen LogP contribution in [0, 0.1) is 10.1 Å². The van der Waals surface area contributed by atoms with Crippen molar-refractivity contribution >= 4 is 17.3 Å². The number of halogens is 1. The highest BCUT2D eigenvalue weighted by molar-refractivity contribution is 6.20. The molecule has 0 amide bonds. The third-order valence-electron chi connectivity index (χ3n) is 2.36. The van der Waals surface area contributed by atoms with E-state index in [-0.39, 0.29) is 16.0 Å². The summed E-state index contributed by atoms with van der Waals surface area (Å²) in [5.74, 6) is 0. The quantitative estimate of drug-likeness (QED) is 0.439. The van der Waals surface area contributed by atoms with Crippen LogP contribution in [0.1, 0.15) is 25.3 Å². The maximum absolute atomic E-state index is 10.7. The highest BCUT2D eigenvalue weighted by Crippen LogP contribution is 2.21. The van der Waals surface area contributed by atoms with Crippen molar-refractivity contribution in [1.82, 2.24) is 0 Å². The minimum Gasteiger partial charge on any atom is -0.258 e. The van der Waals surface area contributed by atoms with Crippen LogP contribution in [0.2, 0.25) is 0 Å². The third-order valence-corrected chi connectivity index (χ3v) is 2.89. The Morgan fingerprint density at radius 2 is 2.13 bits per heavy atom. The SMILES string of the molecule is CCC(Cl)CCc1ccccc1[N+](=O)[O-]. The van der Waals surface area contributed by atoms with Crippen molar-refractivity contribution in [2.45, 2.75) is 31.6 Å². The smallest absolute Gasteiger partial charge is 0.258 e. The number of aryl methyl sites for hydroxylation is 1. The van der Waals surface area contributed by atoms with Gasteiger partial charge in [-0.1, -0.05) is 25.1 Å². The molecule has 0 saturated carbocycles. The second-order valence-electron chi connectivity index (χ2n) is 3.43. The van der Waals surface area contributed by atoms with Crippen molar-refractivity contribution in [1.29, 1.82) is 0 Å². The summed E-state index contributed by atoms with van der Waals surface area (Å²) in [6, 6.07) is 6.82. The van der Waals surface area contributed by atoms with E-state index >= 15 is 0 Å². The minimum atomic E-state index is -0.343. The Morgan fingerprint density at radius 1 is 1.47 bits per heavy atom. The van der Waals surface area contributed by atoms with E-state index in [0.29, 0.717) is 6.42 Å². The summed E-state index contributed by atoms with van der Waals surface area (Å²) in [7, 11) is 0. The van der Waals surface area contributed by atoms with E-state index in [4.69, 9.17) is 11.6 Å². The summed E-state index contributed by atoms with van der Waals surface area (Å²) in [4.78, 5) is 10.4. The van der Waals surface area contributed by atoms with Crippen LogP contribution < -0.4 is 0 Å². The lowest BCUT2D eigenvalue weighted by atomic mass is 10.1. The van der Waals surface area contributed by atoms with Gasteiger partial charge in [-0.05, 0) is 19.3 Å². The molecule has 0 spiro atoms. The van der Waals surface area contributed by atoms with Gasteiger partial charge in [-0.3, -0.25) is 10.1 Å². The van der Waals surface area contributed by atoms with Crippen molar-refractivity contribution in [2.24, 2.45) is 0 Å². The number of hydrogen-bond donors (Lipinski definition) is 0. The molecule has 0 aliphatic rings. The average molecular weight is 228 g/mol. The normalized spacial score (nSPS) is 12.4. The Labute approximate surface area is 94.2 Å². The molecule has 4 heteroatoms. The van der Waals surface area contributed by atoms with E-state index in [1.54, 1.807) is 12.1 Å². The summed E-state index contributed by atoms with van der Waals surface area (Å²) >= 11 is 5.98. The van der Waals surface area contributed by atoms with Crippen molar-refractivity contribution in [2.75, 3.05) is 0 Å². The molecule has 0 aliphatic heterocycles. The molecule has 0 radical (unpaired) electrons. The Bertz CT molecular complexity index is 341. The second kappa shape index (κ2) is 5.71. The number of nitro groups is 1. The van der Waals surface area contributed by atoms with Gasteiger partial charge >= 0.3 is 0 Å². The van der Waals surface area contributed by atoms with Gasteiger partial charge in [-0.25, -0.2) is 0 Å². The van der Waals surface area contributed by atoms with Crippen LogP contribution in [0.4, 0.5) is 5.69 Å². The number of para-hydroxylation sites is 1. The van der Waals surface area contributed by atoms with Gasteiger partial charge in [0.15, 0.2) is 0 Å². The molecule has 1 aromatic carbocycles. The molecule has 1 atom stereocenters. The van der Waals surface area contributed by atoms with Gasteiger partial charge in [0.05, 0.1) is 4.92 Å². The highest BCUT2D eigenvalue weighted by Gasteiger charge is 2.12. The molecule has 0 N–H and O–H groups in total. The molecule has 0 bridgehead atoms. The van der Waals surface area contributed by atoms with Crippen molar-refractivity contribution in [3.05, 3.63) is 39.9 Å². The molecule has 0 fully saturated rings. The average Bonchev–Trinajstić information content (AvgIpc) is 2.26. The van der Waals surface area contributed by atoms with Crippen molar-refractivity contribution in [3.63, 3.8) is 0 Å². The first-order chi connectivity index (χ1) is 7.15. The Kier molecular flexibility index (Phi) is 4.56. The fourth-order valence-electron chi connectivity index (χ4n) is 1.42. The van der Waals surface area contributed by atoms with Crippen LogP contribution in [-0.2, 0) is 6.42 Å². The standard InChI is InChI=1S/C11H14ClNO2/c1-2-10(12)8-7-9-5-3-4-6-11(9)13(14)15/h3-6,10H,2,7-8H2,1H3. The van der Waals surface area contributed by atoms with Gasteiger partial charge < -0.3 is 0 Å². The lowest BCUT2D eigenvalue weighted by Crippen LogP contribution is -2.01. The molecule has 1 rings (SSSR count). The molecule has 15 heavy (non-hydrogen) atoms. The van der Waals surface area contributed by atoms with E-state index in [0.717, 1.165) is 18.4 Å². The predicted molar refractivity (Wildman–Crippen MR) is 61.3 cm³/mol. The fraction of sp³-hybridized carbons (Fsp3) is 0.455. The maximum atomic E-state index is 10.7. The zero-order valence-electron chi connectivity index (χ0n) is 8.65. The predicted octanol–water partition coefficient (Wildman–Crippen LogP) is 3.54. The monoisotopic (exact) mass is 227 g/mol. The van der Waals surface area contributed by atoms with Crippen LogP contribution in [0.5, 0.6) is 0 Å². The van der Waals surface area contributed by atoms with Crippen LogP contribution in [-0.4, -0.2) is 10.3 Å². The maximum Gasteiger partial charge on any atom is 0.272 e.